The van der Waals surface area contributed by atoms with Crippen LogP contribution in [-0.4, -0.2) is 53.4 Å². The number of rotatable bonds is 1. The minimum atomic E-state index is -1.13. The number of aliphatic carboxylic acids is 1. The third-order valence-corrected chi connectivity index (χ3v) is 1.85. The van der Waals surface area contributed by atoms with Crippen LogP contribution < -0.4 is 0 Å². The van der Waals surface area contributed by atoms with Crippen molar-refractivity contribution in [1.29, 1.82) is 0 Å². The average molecular weight is 169 g/mol. The Balaban J connectivity index is 2.72. The molecule has 0 saturated carbocycles. The van der Waals surface area contributed by atoms with Crippen LogP contribution in [-0.2, 0) is 4.79 Å². The Labute approximate surface area is 70.4 Å². The third-order valence-electron chi connectivity index (χ3n) is 1.85. The smallest absolute Gasteiger partial charge is 0.326 e. The first-order valence-corrected chi connectivity index (χ1v) is 3.49. The summed E-state index contributed by atoms with van der Waals surface area (Å²) in [6, 6.07) is -0.975. The van der Waals surface area contributed by atoms with Gasteiger partial charge in [0.2, 0.25) is 7.85 Å². The number of likely N-dealkylation sites (tertiary alicyclic amines) is 1. The molecular formula is C6H8BNO4. The van der Waals surface area contributed by atoms with E-state index < -0.39 is 23.9 Å². The van der Waals surface area contributed by atoms with Crippen molar-refractivity contribution in [3.63, 3.8) is 0 Å². The lowest BCUT2D eigenvalue weighted by atomic mass is 10.1. The Morgan fingerprint density at radius 2 is 2.08 bits per heavy atom. The second-order valence-electron chi connectivity index (χ2n) is 2.73. The maximum atomic E-state index is 10.6. The summed E-state index contributed by atoms with van der Waals surface area (Å²) in [6.07, 6.45) is -0.725. The first kappa shape index (κ1) is 9.06. The molecule has 2 N–H and O–H groups in total. The van der Waals surface area contributed by atoms with E-state index in [-0.39, 0.29) is 13.0 Å². The maximum Gasteiger partial charge on any atom is 0.326 e. The summed E-state index contributed by atoms with van der Waals surface area (Å²) in [5.41, 5.74) is 0. The van der Waals surface area contributed by atoms with Crippen molar-refractivity contribution < 1.29 is 19.8 Å². The number of carbonyl (C=O) groups excluding carboxylic acids is 1. The van der Waals surface area contributed by atoms with Gasteiger partial charge < -0.3 is 15.1 Å². The van der Waals surface area contributed by atoms with Crippen molar-refractivity contribution >= 4 is 19.6 Å². The monoisotopic (exact) mass is 169 g/mol. The van der Waals surface area contributed by atoms with Gasteiger partial charge in [0.1, 0.15) is 6.04 Å². The highest BCUT2D eigenvalue weighted by molar-refractivity contribution is 6.57. The standard InChI is InChI=1S/C6H8BNO4/c7-6(12)8-2-3(9)1-4(8)5(10)11/h3-4,9H,1-2H2,(H,10,11). The molecular weight excluding hydrogens is 161 g/mol. The van der Waals surface area contributed by atoms with Gasteiger partial charge in [-0.1, -0.05) is 0 Å². The quantitative estimate of drug-likeness (QED) is 0.483. The van der Waals surface area contributed by atoms with Crippen molar-refractivity contribution in [2.24, 2.45) is 0 Å². The largest absolute Gasteiger partial charge is 0.480 e. The van der Waals surface area contributed by atoms with Crippen LogP contribution in [0, 0.1) is 0 Å². The van der Waals surface area contributed by atoms with E-state index in [1.165, 1.54) is 0 Å². The molecule has 0 bridgehead atoms. The zero-order valence-electron chi connectivity index (χ0n) is 6.30. The maximum absolute atomic E-state index is 10.6. The second kappa shape index (κ2) is 3.14. The third kappa shape index (κ3) is 1.58. The topological polar surface area (TPSA) is 77.8 Å². The second-order valence-corrected chi connectivity index (χ2v) is 2.73. The molecule has 0 spiro atoms. The molecule has 1 saturated heterocycles. The van der Waals surface area contributed by atoms with Crippen LogP contribution in [0.1, 0.15) is 6.42 Å². The van der Waals surface area contributed by atoms with Gasteiger partial charge in [-0.25, -0.2) is 4.79 Å². The van der Waals surface area contributed by atoms with E-state index in [0.717, 1.165) is 4.90 Å². The van der Waals surface area contributed by atoms with Crippen LogP contribution in [0.5, 0.6) is 0 Å². The number of amides is 1. The number of carbonyl (C=O) groups is 2. The highest BCUT2D eigenvalue weighted by Crippen LogP contribution is 2.17. The van der Waals surface area contributed by atoms with Gasteiger partial charge in [0.15, 0.2) is 5.81 Å². The summed E-state index contributed by atoms with van der Waals surface area (Å²) in [6.45, 7) is 0.00625. The minimum Gasteiger partial charge on any atom is -0.480 e. The molecule has 0 aromatic heterocycles. The van der Waals surface area contributed by atoms with Gasteiger partial charge in [-0.3, -0.25) is 4.79 Å². The molecule has 0 aromatic carbocycles. The van der Waals surface area contributed by atoms with Crippen molar-refractivity contribution in [3.8, 4) is 0 Å². The van der Waals surface area contributed by atoms with E-state index in [2.05, 4.69) is 0 Å². The van der Waals surface area contributed by atoms with Gasteiger partial charge >= 0.3 is 5.97 Å². The lowest BCUT2D eigenvalue weighted by molar-refractivity contribution is -0.141. The average Bonchev–Trinajstić information content (AvgIpc) is 2.31. The van der Waals surface area contributed by atoms with E-state index in [1.807, 2.05) is 0 Å². The van der Waals surface area contributed by atoms with E-state index in [1.54, 1.807) is 0 Å². The van der Waals surface area contributed by atoms with E-state index >= 15 is 0 Å². The highest BCUT2D eigenvalue weighted by Gasteiger charge is 2.36. The van der Waals surface area contributed by atoms with Crippen LogP contribution in [0.4, 0.5) is 4.79 Å². The molecule has 64 valence electrons. The lowest BCUT2D eigenvalue weighted by Crippen LogP contribution is -2.39. The number of carboxylic acid groups (broad SMARTS) is 1. The summed E-state index contributed by atoms with van der Waals surface area (Å²) in [5.74, 6) is -1.94. The van der Waals surface area contributed by atoms with Gasteiger partial charge in [-0.15, -0.1) is 0 Å². The summed E-state index contributed by atoms with van der Waals surface area (Å²) in [5, 5.41) is 17.6. The Morgan fingerprint density at radius 1 is 1.50 bits per heavy atom. The van der Waals surface area contributed by atoms with Gasteiger partial charge in [0, 0.05) is 13.0 Å². The van der Waals surface area contributed by atoms with E-state index in [0.29, 0.717) is 0 Å². The highest BCUT2D eigenvalue weighted by atomic mass is 16.4. The predicted octanol–water partition coefficient (Wildman–Crippen LogP) is -1.21. The molecule has 2 radical (unpaired) electrons. The SMILES string of the molecule is [B]C(=O)N1CC(O)CC1C(=O)O. The van der Waals surface area contributed by atoms with Gasteiger partial charge in [0.25, 0.3) is 0 Å². The number of aliphatic hydroxyl groups is 1. The van der Waals surface area contributed by atoms with Crippen LogP contribution in [0.3, 0.4) is 0 Å². The zero-order chi connectivity index (χ0) is 9.30. The van der Waals surface area contributed by atoms with Crippen molar-refractivity contribution in [3.05, 3.63) is 0 Å². The summed E-state index contributed by atoms with van der Waals surface area (Å²) in [7, 11) is 4.90. The predicted molar refractivity (Wildman–Crippen MR) is 39.9 cm³/mol. The molecule has 1 fully saturated rings. The number of aliphatic hydroxyl groups excluding tert-OH is 1. The molecule has 1 aliphatic rings. The van der Waals surface area contributed by atoms with Crippen LogP contribution in [0.15, 0.2) is 0 Å². The lowest BCUT2D eigenvalue weighted by Gasteiger charge is -2.19. The molecule has 0 aliphatic carbocycles. The number of carboxylic acids is 1. The number of hydrogen-bond donors (Lipinski definition) is 2. The molecule has 0 aromatic rings. The van der Waals surface area contributed by atoms with Crippen molar-refractivity contribution in [2.75, 3.05) is 6.54 Å². The van der Waals surface area contributed by atoms with Gasteiger partial charge in [0.05, 0.1) is 6.10 Å². The molecule has 1 rings (SSSR count). The molecule has 5 nitrogen and oxygen atoms in total. The van der Waals surface area contributed by atoms with Gasteiger partial charge in [-0.2, -0.15) is 0 Å². The van der Waals surface area contributed by atoms with Crippen molar-refractivity contribution in [2.45, 2.75) is 18.6 Å². The summed E-state index contributed by atoms with van der Waals surface area (Å²) in [4.78, 5) is 22.1. The van der Waals surface area contributed by atoms with Crippen LogP contribution in [0.25, 0.3) is 0 Å². The number of hydrogen-bond acceptors (Lipinski definition) is 3. The normalized spacial score (nSPS) is 28.9. The van der Waals surface area contributed by atoms with E-state index in [9.17, 15) is 9.59 Å². The molecule has 1 amide bonds. The Bertz CT molecular complexity index is 198. The Hall–Kier alpha value is -1.04. The fourth-order valence-corrected chi connectivity index (χ4v) is 1.29. The fraction of sp³-hybridized carbons (Fsp3) is 0.667. The molecule has 1 aliphatic heterocycles. The Kier molecular flexibility index (Phi) is 2.37. The number of nitrogens with zero attached hydrogens (tertiary/aromatic N) is 1. The van der Waals surface area contributed by atoms with Crippen LogP contribution >= 0.6 is 0 Å². The molecule has 2 unspecified atom stereocenters. The first-order chi connectivity index (χ1) is 5.52. The first-order valence-electron chi connectivity index (χ1n) is 3.49. The molecule has 1 heterocycles. The van der Waals surface area contributed by atoms with E-state index in [4.69, 9.17) is 18.1 Å². The summed E-state index contributed by atoms with van der Waals surface area (Å²) >= 11 is 0. The zero-order valence-corrected chi connectivity index (χ0v) is 6.30. The molecule has 12 heavy (non-hydrogen) atoms. The van der Waals surface area contributed by atoms with Crippen molar-refractivity contribution in [1.82, 2.24) is 4.90 Å². The fourth-order valence-electron chi connectivity index (χ4n) is 1.29. The van der Waals surface area contributed by atoms with Gasteiger partial charge in [-0.05, 0) is 0 Å². The number of β-amino-alcohol motifs (C(OH)–C–C–N with tert-alkyl or cyclic N) is 1. The van der Waals surface area contributed by atoms with Crippen LogP contribution in [0.2, 0.25) is 0 Å². The summed E-state index contributed by atoms with van der Waals surface area (Å²) < 4.78 is 0. The minimum absolute atomic E-state index is 0.00625. The molecule has 6 heteroatoms. The Morgan fingerprint density at radius 3 is 2.42 bits per heavy atom. The molecule has 2 atom stereocenters.